The van der Waals surface area contributed by atoms with Crippen molar-refractivity contribution in [3.05, 3.63) is 29.8 Å². The second kappa shape index (κ2) is 7.14. The molecule has 1 rings (SSSR count). The van der Waals surface area contributed by atoms with Crippen LogP contribution in [0, 0.1) is 0 Å². The van der Waals surface area contributed by atoms with Crippen LogP contribution in [0.1, 0.15) is 18.9 Å². The van der Waals surface area contributed by atoms with E-state index >= 15 is 0 Å². The molecule has 0 saturated heterocycles. The van der Waals surface area contributed by atoms with Crippen molar-refractivity contribution in [3.8, 4) is 5.75 Å². The van der Waals surface area contributed by atoms with Crippen molar-refractivity contribution in [2.45, 2.75) is 25.3 Å². The van der Waals surface area contributed by atoms with Crippen molar-refractivity contribution in [1.29, 1.82) is 0 Å². The molecule has 0 unspecified atom stereocenters. The molecular formula is C13H17Br2NO2. The van der Waals surface area contributed by atoms with Gasteiger partial charge in [-0.2, -0.15) is 0 Å². The number of alkyl halides is 2. The van der Waals surface area contributed by atoms with Crippen LogP contribution in [-0.2, 0) is 11.2 Å². The summed E-state index contributed by atoms with van der Waals surface area (Å²) in [6.07, 6.45) is 1.12. The van der Waals surface area contributed by atoms with E-state index in [0.717, 1.165) is 12.0 Å². The van der Waals surface area contributed by atoms with Crippen molar-refractivity contribution >= 4 is 37.8 Å². The lowest BCUT2D eigenvalue weighted by Crippen LogP contribution is -2.51. The molecule has 1 aromatic rings. The lowest BCUT2D eigenvalue weighted by molar-refractivity contribution is -0.121. The Balaban J connectivity index is 2.66. The fraction of sp³-hybridized carbons (Fsp3) is 0.462. The summed E-state index contributed by atoms with van der Waals surface area (Å²) in [5, 5.41) is 13.8. The van der Waals surface area contributed by atoms with Gasteiger partial charge in [0.2, 0.25) is 5.91 Å². The summed E-state index contributed by atoms with van der Waals surface area (Å²) in [4.78, 5) is 12.0. The normalized spacial score (nSPS) is 11.3. The molecule has 0 aliphatic rings. The number of hydrogen-bond acceptors (Lipinski definition) is 2. The molecule has 100 valence electrons. The van der Waals surface area contributed by atoms with Gasteiger partial charge in [0.25, 0.3) is 0 Å². The molecular weight excluding hydrogens is 362 g/mol. The van der Waals surface area contributed by atoms with Crippen molar-refractivity contribution in [3.63, 3.8) is 0 Å². The Kier molecular flexibility index (Phi) is 6.15. The van der Waals surface area contributed by atoms with Gasteiger partial charge >= 0.3 is 0 Å². The van der Waals surface area contributed by atoms with Crippen molar-refractivity contribution < 1.29 is 9.90 Å². The highest BCUT2D eigenvalue weighted by Gasteiger charge is 2.27. The summed E-state index contributed by atoms with van der Waals surface area (Å²) in [5.74, 6) is 0.143. The second-order valence-corrected chi connectivity index (χ2v) is 5.42. The van der Waals surface area contributed by atoms with Gasteiger partial charge < -0.3 is 10.4 Å². The smallest absolute Gasteiger partial charge is 0.224 e. The van der Waals surface area contributed by atoms with Crippen molar-refractivity contribution in [2.75, 3.05) is 10.7 Å². The van der Waals surface area contributed by atoms with E-state index in [9.17, 15) is 9.90 Å². The first-order chi connectivity index (χ1) is 8.55. The fourth-order valence-corrected chi connectivity index (χ4v) is 3.57. The van der Waals surface area contributed by atoms with Crippen LogP contribution in [-0.4, -0.2) is 27.2 Å². The minimum absolute atomic E-state index is 0.0404. The quantitative estimate of drug-likeness (QED) is 0.747. The van der Waals surface area contributed by atoms with Gasteiger partial charge in [0.1, 0.15) is 5.75 Å². The largest absolute Gasteiger partial charge is 0.508 e. The van der Waals surface area contributed by atoms with Gasteiger partial charge in [-0.25, -0.2) is 0 Å². The number of rotatable bonds is 6. The molecule has 1 aromatic carbocycles. The number of hydrogen-bond donors (Lipinski definition) is 2. The standard InChI is InChI=1S/C13H17Br2NO2/c1-2-13(8-14,9-15)16-12(18)7-10-4-3-5-11(17)6-10/h3-6,17H,2,7-9H2,1H3,(H,16,18). The van der Waals surface area contributed by atoms with Gasteiger partial charge in [-0.3, -0.25) is 4.79 Å². The maximum Gasteiger partial charge on any atom is 0.224 e. The second-order valence-electron chi connectivity index (χ2n) is 4.30. The maximum atomic E-state index is 12.0. The zero-order chi connectivity index (χ0) is 13.6. The summed E-state index contributed by atoms with van der Waals surface area (Å²) in [5.41, 5.74) is 0.551. The number of amides is 1. The average Bonchev–Trinajstić information content (AvgIpc) is 2.36. The number of benzene rings is 1. The molecule has 0 aromatic heterocycles. The first kappa shape index (κ1) is 15.5. The number of phenols is 1. The third-order valence-electron chi connectivity index (χ3n) is 2.87. The Morgan fingerprint density at radius 3 is 2.56 bits per heavy atom. The molecule has 3 nitrogen and oxygen atoms in total. The van der Waals surface area contributed by atoms with Gasteiger partial charge in [-0.1, -0.05) is 50.9 Å². The predicted molar refractivity (Wildman–Crippen MR) is 80.6 cm³/mol. The molecule has 18 heavy (non-hydrogen) atoms. The van der Waals surface area contributed by atoms with E-state index in [1.165, 1.54) is 0 Å². The zero-order valence-electron chi connectivity index (χ0n) is 10.2. The Bertz CT molecular complexity index is 397. The topological polar surface area (TPSA) is 49.3 Å². The van der Waals surface area contributed by atoms with E-state index in [1.807, 2.05) is 13.0 Å². The number of halogens is 2. The van der Waals surface area contributed by atoms with Crippen LogP contribution in [0.15, 0.2) is 24.3 Å². The molecule has 0 heterocycles. The zero-order valence-corrected chi connectivity index (χ0v) is 13.4. The number of carbonyl (C=O) groups excluding carboxylic acids is 1. The molecule has 0 atom stereocenters. The highest BCUT2D eigenvalue weighted by atomic mass is 79.9. The molecule has 0 saturated carbocycles. The van der Waals surface area contributed by atoms with Crippen LogP contribution < -0.4 is 5.32 Å². The molecule has 0 aliphatic carbocycles. The summed E-state index contributed by atoms with van der Waals surface area (Å²) < 4.78 is 0. The van der Waals surface area contributed by atoms with Gasteiger partial charge in [0.05, 0.1) is 12.0 Å². The van der Waals surface area contributed by atoms with Crippen LogP contribution in [0.2, 0.25) is 0 Å². The van der Waals surface area contributed by atoms with Crippen molar-refractivity contribution in [2.24, 2.45) is 0 Å². The number of phenolic OH excluding ortho intramolecular Hbond substituents is 1. The minimum Gasteiger partial charge on any atom is -0.508 e. The molecule has 5 heteroatoms. The van der Waals surface area contributed by atoms with Crippen LogP contribution in [0.25, 0.3) is 0 Å². The van der Waals surface area contributed by atoms with E-state index in [2.05, 4.69) is 37.2 Å². The van der Waals surface area contributed by atoms with Gasteiger partial charge in [-0.05, 0) is 24.1 Å². The Hall–Kier alpha value is -0.550. The van der Waals surface area contributed by atoms with Crippen LogP contribution in [0.3, 0.4) is 0 Å². The predicted octanol–water partition coefficient (Wildman–Crippen LogP) is 2.99. The number of nitrogens with one attached hydrogen (secondary N) is 1. The third kappa shape index (κ3) is 4.28. The molecule has 0 spiro atoms. The minimum atomic E-state index is -0.256. The molecule has 0 fully saturated rings. The van der Waals surface area contributed by atoms with E-state index < -0.39 is 0 Å². The monoisotopic (exact) mass is 377 g/mol. The van der Waals surface area contributed by atoms with Crippen molar-refractivity contribution in [1.82, 2.24) is 5.32 Å². The SMILES string of the molecule is CCC(CBr)(CBr)NC(=O)Cc1cccc(O)c1. The molecule has 0 aliphatic heterocycles. The molecule has 0 bridgehead atoms. The average molecular weight is 379 g/mol. The Morgan fingerprint density at radius 1 is 1.39 bits per heavy atom. The molecule has 0 radical (unpaired) electrons. The first-order valence-corrected chi connectivity index (χ1v) is 8.00. The lowest BCUT2D eigenvalue weighted by atomic mass is 10.0. The van der Waals surface area contributed by atoms with E-state index in [0.29, 0.717) is 10.7 Å². The summed E-state index contributed by atoms with van der Waals surface area (Å²) in [6, 6.07) is 6.76. The summed E-state index contributed by atoms with van der Waals surface area (Å²) in [6.45, 7) is 2.04. The summed E-state index contributed by atoms with van der Waals surface area (Å²) in [7, 11) is 0. The number of carbonyl (C=O) groups is 1. The highest BCUT2D eigenvalue weighted by molar-refractivity contribution is 9.09. The first-order valence-electron chi connectivity index (χ1n) is 5.76. The van der Waals surface area contributed by atoms with Gasteiger partial charge in [-0.15, -0.1) is 0 Å². The highest BCUT2D eigenvalue weighted by Crippen LogP contribution is 2.17. The molecule has 2 N–H and O–H groups in total. The van der Waals surface area contributed by atoms with E-state index in [-0.39, 0.29) is 23.6 Å². The molecule has 1 amide bonds. The Morgan fingerprint density at radius 2 is 2.06 bits per heavy atom. The van der Waals surface area contributed by atoms with E-state index in [4.69, 9.17) is 0 Å². The summed E-state index contributed by atoms with van der Waals surface area (Å²) >= 11 is 6.87. The number of aromatic hydroxyl groups is 1. The van der Waals surface area contributed by atoms with Gasteiger partial charge in [0.15, 0.2) is 0 Å². The van der Waals surface area contributed by atoms with Gasteiger partial charge in [0, 0.05) is 10.7 Å². The maximum absolute atomic E-state index is 12.0. The van der Waals surface area contributed by atoms with Crippen LogP contribution >= 0.6 is 31.9 Å². The lowest BCUT2D eigenvalue weighted by Gasteiger charge is -2.30. The van der Waals surface area contributed by atoms with Crippen LogP contribution in [0.5, 0.6) is 5.75 Å². The third-order valence-corrected chi connectivity index (χ3v) is 5.01. The van der Waals surface area contributed by atoms with Crippen LogP contribution in [0.4, 0.5) is 0 Å². The fourth-order valence-electron chi connectivity index (χ4n) is 1.57. The Labute approximate surface area is 124 Å². The van der Waals surface area contributed by atoms with E-state index in [1.54, 1.807) is 18.2 Å².